The quantitative estimate of drug-likeness (QED) is 0.810. The van der Waals surface area contributed by atoms with Gasteiger partial charge in [0, 0.05) is 0 Å². The predicted molar refractivity (Wildman–Crippen MR) is 59.6 cm³/mol. The highest BCUT2D eigenvalue weighted by atomic mass is 16.5. The summed E-state index contributed by atoms with van der Waals surface area (Å²) >= 11 is 0. The number of nitrogens with zero attached hydrogens (tertiary/aromatic N) is 4. The summed E-state index contributed by atoms with van der Waals surface area (Å²) in [7, 11) is 1.53. The summed E-state index contributed by atoms with van der Waals surface area (Å²) in [6.07, 6.45) is 0. The van der Waals surface area contributed by atoms with Crippen molar-refractivity contribution in [2.24, 2.45) is 0 Å². The number of rotatable bonds is 2. The molecule has 2 aromatic heterocycles. The fourth-order valence-electron chi connectivity index (χ4n) is 1.46. The van der Waals surface area contributed by atoms with Crippen LogP contribution in [0.3, 0.4) is 0 Å². The van der Waals surface area contributed by atoms with Crippen LogP contribution in [0.1, 0.15) is 11.6 Å². The van der Waals surface area contributed by atoms with Crippen molar-refractivity contribution in [3.05, 3.63) is 23.8 Å². The molecule has 6 nitrogen and oxygen atoms in total. The van der Waals surface area contributed by atoms with Crippen LogP contribution in [0.15, 0.2) is 12.1 Å². The molecule has 2 heterocycles. The molecule has 0 saturated carbocycles. The summed E-state index contributed by atoms with van der Waals surface area (Å²) in [4.78, 5) is 8.45. The van der Waals surface area contributed by atoms with E-state index in [1.54, 1.807) is 16.8 Å². The van der Waals surface area contributed by atoms with Crippen molar-refractivity contribution in [2.45, 2.75) is 13.8 Å². The van der Waals surface area contributed by atoms with Crippen molar-refractivity contribution in [2.75, 3.05) is 12.8 Å². The number of aryl methyl sites for hydroxylation is 2. The van der Waals surface area contributed by atoms with E-state index in [4.69, 9.17) is 10.5 Å². The molecule has 0 aliphatic rings. The van der Waals surface area contributed by atoms with Crippen LogP contribution in [0.4, 0.5) is 5.69 Å². The number of nitrogens with two attached hydrogens (primary N) is 1. The van der Waals surface area contributed by atoms with Gasteiger partial charge in [-0.15, -0.1) is 5.10 Å². The molecular formula is C10H13N5O. The summed E-state index contributed by atoms with van der Waals surface area (Å²) in [6.45, 7) is 3.70. The average Bonchev–Trinajstić information content (AvgIpc) is 2.59. The third-order valence-electron chi connectivity index (χ3n) is 2.16. The smallest absolute Gasteiger partial charge is 0.238 e. The van der Waals surface area contributed by atoms with Crippen molar-refractivity contribution in [1.82, 2.24) is 19.7 Å². The Balaban J connectivity index is 2.52. The van der Waals surface area contributed by atoms with Gasteiger partial charge >= 0.3 is 0 Å². The Morgan fingerprint density at radius 1 is 1.25 bits per heavy atom. The van der Waals surface area contributed by atoms with E-state index in [1.165, 1.54) is 7.11 Å². The summed E-state index contributed by atoms with van der Waals surface area (Å²) in [5.41, 5.74) is 6.19. The maximum Gasteiger partial charge on any atom is 0.238 e. The minimum absolute atomic E-state index is 0.394. The number of aromatic nitrogens is 4. The van der Waals surface area contributed by atoms with Crippen molar-refractivity contribution in [3.8, 4) is 11.7 Å². The van der Waals surface area contributed by atoms with E-state index in [9.17, 15) is 0 Å². The van der Waals surface area contributed by atoms with Crippen LogP contribution in [0.2, 0.25) is 0 Å². The van der Waals surface area contributed by atoms with Gasteiger partial charge in [0.15, 0.2) is 5.82 Å². The number of hydrogen-bond acceptors (Lipinski definition) is 5. The fraction of sp³-hybridized carbons (Fsp3) is 0.300. The Morgan fingerprint density at radius 2 is 2.00 bits per heavy atom. The summed E-state index contributed by atoms with van der Waals surface area (Å²) in [5.74, 6) is 2.51. The molecule has 2 aromatic rings. The summed E-state index contributed by atoms with van der Waals surface area (Å²) in [5, 5.41) is 4.23. The molecule has 0 fully saturated rings. The van der Waals surface area contributed by atoms with Gasteiger partial charge in [0.1, 0.15) is 11.6 Å². The number of methoxy groups -OCH3 is 1. The highest BCUT2D eigenvalue weighted by molar-refractivity contribution is 5.50. The SMILES string of the molecule is COc1nc(-n2nc(C)nc2C)ccc1N. The normalized spacial score (nSPS) is 10.4. The van der Waals surface area contributed by atoms with Crippen LogP contribution in [-0.2, 0) is 0 Å². The predicted octanol–water partition coefficient (Wildman–Crippen LogP) is 0.870. The number of hydrogen-bond donors (Lipinski definition) is 1. The molecule has 0 saturated heterocycles. The Labute approximate surface area is 93.1 Å². The molecule has 0 radical (unpaired) electrons. The van der Waals surface area contributed by atoms with Crippen molar-refractivity contribution in [3.63, 3.8) is 0 Å². The first-order valence-corrected chi connectivity index (χ1v) is 4.83. The van der Waals surface area contributed by atoms with Gasteiger partial charge in [-0.2, -0.15) is 9.67 Å². The molecule has 16 heavy (non-hydrogen) atoms. The number of anilines is 1. The van der Waals surface area contributed by atoms with E-state index in [-0.39, 0.29) is 0 Å². The van der Waals surface area contributed by atoms with Crippen LogP contribution in [-0.4, -0.2) is 26.9 Å². The van der Waals surface area contributed by atoms with Gasteiger partial charge in [-0.3, -0.25) is 0 Å². The molecule has 0 spiro atoms. The topological polar surface area (TPSA) is 78.8 Å². The first-order valence-electron chi connectivity index (χ1n) is 4.83. The fourth-order valence-corrected chi connectivity index (χ4v) is 1.46. The monoisotopic (exact) mass is 219 g/mol. The Bertz CT molecular complexity index is 520. The number of pyridine rings is 1. The maximum absolute atomic E-state index is 5.69. The lowest BCUT2D eigenvalue weighted by Gasteiger charge is -2.06. The molecule has 0 unspecified atom stereocenters. The lowest BCUT2D eigenvalue weighted by atomic mass is 10.4. The van der Waals surface area contributed by atoms with E-state index in [1.807, 2.05) is 13.8 Å². The Kier molecular flexibility index (Phi) is 2.47. The van der Waals surface area contributed by atoms with Crippen molar-refractivity contribution >= 4 is 5.69 Å². The molecule has 0 amide bonds. The minimum atomic E-state index is 0.394. The number of nitrogen functional groups attached to an aromatic ring is 1. The molecule has 6 heteroatoms. The molecule has 0 aromatic carbocycles. The zero-order valence-corrected chi connectivity index (χ0v) is 9.43. The molecule has 2 rings (SSSR count). The molecule has 2 N–H and O–H groups in total. The van der Waals surface area contributed by atoms with Crippen LogP contribution < -0.4 is 10.5 Å². The van der Waals surface area contributed by atoms with E-state index in [0.29, 0.717) is 23.2 Å². The van der Waals surface area contributed by atoms with E-state index in [2.05, 4.69) is 15.1 Å². The third-order valence-corrected chi connectivity index (χ3v) is 2.16. The largest absolute Gasteiger partial charge is 0.479 e. The Morgan fingerprint density at radius 3 is 2.56 bits per heavy atom. The molecule has 0 aliphatic carbocycles. The van der Waals surface area contributed by atoms with Crippen molar-refractivity contribution < 1.29 is 4.74 Å². The van der Waals surface area contributed by atoms with Crippen LogP contribution in [0, 0.1) is 13.8 Å². The Hall–Kier alpha value is -2.11. The van der Waals surface area contributed by atoms with Crippen LogP contribution in [0.25, 0.3) is 5.82 Å². The molecular weight excluding hydrogens is 206 g/mol. The van der Waals surface area contributed by atoms with Gasteiger partial charge in [0.2, 0.25) is 5.88 Å². The van der Waals surface area contributed by atoms with Gasteiger partial charge in [0.25, 0.3) is 0 Å². The highest BCUT2D eigenvalue weighted by Gasteiger charge is 2.09. The highest BCUT2D eigenvalue weighted by Crippen LogP contribution is 2.19. The van der Waals surface area contributed by atoms with E-state index in [0.717, 1.165) is 5.82 Å². The third kappa shape index (κ3) is 1.69. The second-order valence-corrected chi connectivity index (χ2v) is 3.39. The second-order valence-electron chi connectivity index (χ2n) is 3.39. The molecule has 84 valence electrons. The summed E-state index contributed by atoms with van der Waals surface area (Å²) in [6, 6.07) is 3.51. The first-order chi connectivity index (χ1) is 7.61. The van der Waals surface area contributed by atoms with Gasteiger partial charge < -0.3 is 10.5 Å². The van der Waals surface area contributed by atoms with E-state index >= 15 is 0 Å². The average molecular weight is 219 g/mol. The van der Waals surface area contributed by atoms with Gasteiger partial charge in [0.05, 0.1) is 12.8 Å². The maximum atomic E-state index is 5.69. The van der Waals surface area contributed by atoms with Gasteiger partial charge in [-0.25, -0.2) is 4.98 Å². The molecule has 0 aliphatic heterocycles. The van der Waals surface area contributed by atoms with E-state index < -0.39 is 0 Å². The van der Waals surface area contributed by atoms with Crippen LogP contribution in [0.5, 0.6) is 5.88 Å². The van der Waals surface area contributed by atoms with Gasteiger partial charge in [-0.05, 0) is 26.0 Å². The second kappa shape index (κ2) is 3.80. The molecule has 0 atom stereocenters. The zero-order valence-electron chi connectivity index (χ0n) is 9.43. The van der Waals surface area contributed by atoms with Crippen LogP contribution >= 0.6 is 0 Å². The summed E-state index contributed by atoms with van der Waals surface area (Å²) < 4.78 is 6.71. The first kappa shape index (κ1) is 10.4. The lowest BCUT2D eigenvalue weighted by Crippen LogP contribution is -2.04. The minimum Gasteiger partial charge on any atom is -0.479 e. The van der Waals surface area contributed by atoms with Gasteiger partial charge in [-0.1, -0.05) is 0 Å². The molecule has 0 bridgehead atoms. The standard InChI is InChI=1S/C10H13N5O/c1-6-12-7(2)15(14-6)9-5-4-8(11)10(13-9)16-3/h4-5H,11H2,1-3H3. The lowest BCUT2D eigenvalue weighted by molar-refractivity contribution is 0.399. The number of ether oxygens (including phenoxy) is 1. The van der Waals surface area contributed by atoms with Crippen molar-refractivity contribution in [1.29, 1.82) is 0 Å². The zero-order chi connectivity index (χ0) is 11.7.